The zero-order valence-corrected chi connectivity index (χ0v) is 12.1. The molecule has 1 aromatic carbocycles. The summed E-state index contributed by atoms with van der Waals surface area (Å²) >= 11 is 2.27. The lowest BCUT2D eigenvalue weighted by molar-refractivity contribution is -0.137. The molecule has 0 spiro atoms. The van der Waals surface area contributed by atoms with Gasteiger partial charge in [0.05, 0.1) is 6.61 Å². The highest BCUT2D eigenvalue weighted by molar-refractivity contribution is 14.1. The second kappa shape index (κ2) is 7.27. The lowest BCUT2D eigenvalue weighted by Crippen LogP contribution is -1.98. The van der Waals surface area contributed by atoms with E-state index in [-0.39, 0.29) is 5.97 Å². The van der Waals surface area contributed by atoms with Gasteiger partial charge in [0.1, 0.15) is 0 Å². The molecular weight excluding hydrogens is 327 g/mol. The van der Waals surface area contributed by atoms with E-state index in [1.165, 1.54) is 9.65 Å². The van der Waals surface area contributed by atoms with Gasteiger partial charge < -0.3 is 4.74 Å². The van der Waals surface area contributed by atoms with Crippen molar-refractivity contribution in [3.05, 3.63) is 51.1 Å². The van der Waals surface area contributed by atoms with Crippen LogP contribution in [-0.4, -0.2) is 12.6 Å². The summed E-state index contributed by atoms with van der Waals surface area (Å²) in [4.78, 5) is 11.1. The van der Waals surface area contributed by atoms with E-state index in [2.05, 4.69) is 34.7 Å². The van der Waals surface area contributed by atoms with Gasteiger partial charge in [0.15, 0.2) is 0 Å². The minimum Gasteiger partial charge on any atom is -0.463 e. The van der Waals surface area contributed by atoms with Gasteiger partial charge in [-0.3, -0.25) is 0 Å². The fraction of sp³-hybridized carbons (Fsp3) is 0.214. The maximum atomic E-state index is 11.1. The molecule has 0 atom stereocenters. The molecule has 0 saturated heterocycles. The van der Waals surface area contributed by atoms with Gasteiger partial charge in [0.2, 0.25) is 0 Å². The molecule has 1 aromatic rings. The van der Waals surface area contributed by atoms with Crippen LogP contribution in [-0.2, 0) is 9.53 Å². The number of hydrogen-bond acceptors (Lipinski definition) is 2. The highest BCUT2D eigenvalue weighted by atomic mass is 127. The van der Waals surface area contributed by atoms with Crippen molar-refractivity contribution in [3.63, 3.8) is 0 Å². The van der Waals surface area contributed by atoms with E-state index >= 15 is 0 Å². The Kier molecular flexibility index (Phi) is 5.97. The summed E-state index contributed by atoms with van der Waals surface area (Å²) in [5, 5.41) is 0. The van der Waals surface area contributed by atoms with E-state index in [1.54, 1.807) is 13.0 Å². The molecule has 90 valence electrons. The van der Waals surface area contributed by atoms with E-state index in [0.29, 0.717) is 6.61 Å². The van der Waals surface area contributed by atoms with Crippen LogP contribution >= 0.6 is 22.6 Å². The Bertz CT molecular complexity index is 430. The molecule has 0 N–H and O–H groups in total. The summed E-state index contributed by atoms with van der Waals surface area (Å²) in [7, 11) is 0. The SMILES string of the molecule is CCOC(=O)/C=C/C(C)=C/c1ccc(I)cc1. The molecule has 0 radical (unpaired) electrons. The van der Waals surface area contributed by atoms with Gasteiger partial charge in [0.25, 0.3) is 0 Å². The molecule has 1 rings (SSSR count). The third-order valence-corrected chi connectivity index (χ3v) is 2.75. The minimum absolute atomic E-state index is 0.303. The maximum Gasteiger partial charge on any atom is 0.330 e. The molecule has 0 aromatic heterocycles. The van der Waals surface area contributed by atoms with Gasteiger partial charge in [-0.25, -0.2) is 4.79 Å². The molecule has 0 fully saturated rings. The monoisotopic (exact) mass is 342 g/mol. The van der Waals surface area contributed by atoms with Crippen LogP contribution < -0.4 is 0 Å². The van der Waals surface area contributed by atoms with Crippen LogP contribution in [0.2, 0.25) is 0 Å². The van der Waals surface area contributed by atoms with E-state index in [9.17, 15) is 4.79 Å². The number of allylic oxidation sites excluding steroid dienone is 2. The quantitative estimate of drug-likeness (QED) is 0.360. The Morgan fingerprint density at radius 2 is 1.94 bits per heavy atom. The largest absolute Gasteiger partial charge is 0.463 e. The maximum absolute atomic E-state index is 11.1. The number of ether oxygens (including phenoxy) is 1. The number of carbonyl (C=O) groups is 1. The van der Waals surface area contributed by atoms with Crippen LogP contribution in [0.1, 0.15) is 19.4 Å². The summed E-state index contributed by atoms with van der Waals surface area (Å²) in [6, 6.07) is 8.19. The second-order valence-electron chi connectivity index (χ2n) is 3.53. The number of rotatable bonds is 4. The Labute approximate surface area is 116 Å². The summed E-state index contributed by atoms with van der Waals surface area (Å²) < 4.78 is 6.01. The number of halogens is 1. The van der Waals surface area contributed by atoms with Crippen molar-refractivity contribution in [1.29, 1.82) is 0 Å². The fourth-order valence-electron chi connectivity index (χ4n) is 1.26. The summed E-state index contributed by atoms with van der Waals surface area (Å²) in [6.45, 7) is 4.15. The predicted octanol–water partition coefficient (Wildman–Crippen LogP) is 3.81. The van der Waals surface area contributed by atoms with Gasteiger partial charge in [-0.1, -0.05) is 29.9 Å². The van der Waals surface area contributed by atoms with E-state index < -0.39 is 0 Å². The first-order chi connectivity index (χ1) is 8.11. The van der Waals surface area contributed by atoms with Crippen LogP contribution in [0.5, 0.6) is 0 Å². The van der Waals surface area contributed by atoms with Gasteiger partial charge >= 0.3 is 5.97 Å². The third-order valence-electron chi connectivity index (χ3n) is 2.03. The molecule has 2 nitrogen and oxygen atoms in total. The highest BCUT2D eigenvalue weighted by Crippen LogP contribution is 2.11. The molecule has 0 amide bonds. The summed E-state index contributed by atoms with van der Waals surface area (Å²) in [5.74, 6) is -0.303. The average molecular weight is 342 g/mol. The van der Waals surface area contributed by atoms with Crippen LogP contribution in [0.4, 0.5) is 0 Å². The molecule has 0 saturated carbocycles. The van der Waals surface area contributed by atoms with Crippen LogP contribution in [0.3, 0.4) is 0 Å². The van der Waals surface area contributed by atoms with Gasteiger partial charge in [-0.15, -0.1) is 0 Å². The number of benzene rings is 1. The molecule has 0 bridgehead atoms. The van der Waals surface area contributed by atoms with Gasteiger partial charge in [-0.05, 0) is 54.1 Å². The Balaban J connectivity index is 2.66. The molecule has 0 heterocycles. The molecule has 3 heteroatoms. The third kappa shape index (κ3) is 5.68. The lowest BCUT2D eigenvalue weighted by atomic mass is 10.1. The highest BCUT2D eigenvalue weighted by Gasteiger charge is 1.93. The van der Waals surface area contributed by atoms with Gasteiger partial charge in [0, 0.05) is 9.65 Å². The Morgan fingerprint density at radius 1 is 1.29 bits per heavy atom. The van der Waals surface area contributed by atoms with E-state index in [0.717, 1.165) is 11.1 Å². The minimum atomic E-state index is -0.303. The second-order valence-corrected chi connectivity index (χ2v) is 4.77. The van der Waals surface area contributed by atoms with Gasteiger partial charge in [-0.2, -0.15) is 0 Å². The van der Waals surface area contributed by atoms with Crippen molar-refractivity contribution in [2.24, 2.45) is 0 Å². The standard InChI is InChI=1S/C14H15IO2/c1-3-17-14(16)9-4-11(2)10-12-5-7-13(15)8-6-12/h4-10H,3H2,1-2H3/b9-4+,11-10+. The molecule has 0 aliphatic heterocycles. The Hall–Kier alpha value is -1.10. The summed E-state index contributed by atoms with van der Waals surface area (Å²) in [6.07, 6.45) is 5.23. The van der Waals surface area contributed by atoms with Crippen molar-refractivity contribution in [2.45, 2.75) is 13.8 Å². The van der Waals surface area contributed by atoms with Crippen molar-refractivity contribution < 1.29 is 9.53 Å². The average Bonchev–Trinajstić information content (AvgIpc) is 2.30. The van der Waals surface area contributed by atoms with Crippen LogP contribution in [0.15, 0.2) is 42.0 Å². The topological polar surface area (TPSA) is 26.3 Å². The first-order valence-corrected chi connectivity index (χ1v) is 6.48. The van der Waals surface area contributed by atoms with Crippen LogP contribution in [0, 0.1) is 3.57 Å². The first kappa shape index (κ1) is 14.0. The first-order valence-electron chi connectivity index (χ1n) is 5.40. The predicted molar refractivity (Wildman–Crippen MR) is 78.6 cm³/mol. The van der Waals surface area contributed by atoms with E-state index in [4.69, 9.17) is 4.74 Å². The number of esters is 1. The van der Waals surface area contributed by atoms with Crippen molar-refractivity contribution in [3.8, 4) is 0 Å². The van der Waals surface area contributed by atoms with E-state index in [1.807, 2.05) is 25.1 Å². The zero-order chi connectivity index (χ0) is 12.7. The van der Waals surface area contributed by atoms with Crippen molar-refractivity contribution in [2.75, 3.05) is 6.61 Å². The normalized spacial score (nSPS) is 11.8. The number of hydrogen-bond donors (Lipinski definition) is 0. The number of carbonyl (C=O) groups excluding carboxylic acids is 1. The fourth-order valence-corrected chi connectivity index (χ4v) is 1.62. The molecule has 0 unspecified atom stereocenters. The molecule has 17 heavy (non-hydrogen) atoms. The Morgan fingerprint density at radius 3 is 2.53 bits per heavy atom. The molecule has 0 aliphatic carbocycles. The van der Waals surface area contributed by atoms with Crippen molar-refractivity contribution in [1.82, 2.24) is 0 Å². The smallest absolute Gasteiger partial charge is 0.330 e. The zero-order valence-electron chi connectivity index (χ0n) is 9.94. The van der Waals surface area contributed by atoms with Crippen molar-refractivity contribution >= 4 is 34.6 Å². The van der Waals surface area contributed by atoms with Crippen LogP contribution in [0.25, 0.3) is 6.08 Å². The molecule has 0 aliphatic rings. The lowest BCUT2D eigenvalue weighted by Gasteiger charge is -1.97. The molecular formula is C14H15IO2. The summed E-state index contributed by atoms with van der Waals surface area (Å²) in [5.41, 5.74) is 2.13.